The molecule has 216 valence electrons. The fraction of sp³-hybridized carbons (Fsp3) is 0.375. The third kappa shape index (κ3) is 6.24. The molecule has 0 unspecified atom stereocenters. The predicted molar refractivity (Wildman–Crippen MR) is 147 cm³/mol. The molecule has 5 nitrogen and oxygen atoms in total. The summed E-state index contributed by atoms with van der Waals surface area (Å²) in [6.07, 6.45) is 7.94. The highest BCUT2D eigenvalue weighted by Crippen LogP contribution is 2.38. The smallest absolute Gasteiger partial charge is 0.253 e. The molecule has 0 aliphatic carbocycles. The quantitative estimate of drug-likeness (QED) is 0.234. The van der Waals surface area contributed by atoms with E-state index in [4.69, 9.17) is 4.74 Å². The predicted octanol–water partition coefficient (Wildman–Crippen LogP) is 7.73. The maximum Gasteiger partial charge on any atom is 0.253 e. The van der Waals surface area contributed by atoms with E-state index in [1.54, 1.807) is 9.80 Å². The number of hydrogen-bond acceptors (Lipinski definition) is 3. The number of amides is 2. The Bertz CT molecular complexity index is 1360. The summed E-state index contributed by atoms with van der Waals surface area (Å²) in [5, 5.41) is 0. The van der Waals surface area contributed by atoms with Gasteiger partial charge in [0.1, 0.15) is 5.75 Å². The van der Waals surface area contributed by atoms with Crippen molar-refractivity contribution in [1.82, 2.24) is 9.80 Å². The summed E-state index contributed by atoms with van der Waals surface area (Å²) in [6, 6.07) is 10.9. The molecule has 0 N–H and O–H groups in total. The molecule has 3 aromatic rings. The average Bonchev–Trinajstić information content (AvgIpc) is 3.45. The van der Waals surface area contributed by atoms with Crippen LogP contribution in [0.5, 0.6) is 11.5 Å². The van der Waals surface area contributed by atoms with Crippen molar-refractivity contribution in [2.45, 2.75) is 51.4 Å². The Morgan fingerprint density at radius 1 is 0.537 bits per heavy atom. The Balaban J connectivity index is 1.34. The van der Waals surface area contributed by atoms with E-state index in [1.165, 1.54) is 48.5 Å². The molecule has 0 radical (unpaired) electrons. The van der Waals surface area contributed by atoms with Gasteiger partial charge in [0.05, 0.1) is 5.56 Å². The van der Waals surface area contributed by atoms with Crippen LogP contribution in [0.1, 0.15) is 72.1 Å². The van der Waals surface area contributed by atoms with Gasteiger partial charge in [0.2, 0.25) is 17.4 Å². The highest BCUT2D eigenvalue weighted by atomic mass is 19.2. The van der Waals surface area contributed by atoms with Crippen LogP contribution in [0.25, 0.3) is 11.1 Å². The maximum atomic E-state index is 15.1. The number of likely N-dealkylation sites (tertiary alicyclic amines) is 2. The molecule has 2 fully saturated rings. The van der Waals surface area contributed by atoms with Gasteiger partial charge in [-0.3, -0.25) is 9.59 Å². The summed E-state index contributed by atoms with van der Waals surface area (Å²) in [7, 11) is 0. The number of hydrogen-bond donors (Lipinski definition) is 0. The minimum atomic E-state index is -1.69. The van der Waals surface area contributed by atoms with Gasteiger partial charge < -0.3 is 14.5 Å². The number of ether oxygens (including phenoxy) is 1. The van der Waals surface area contributed by atoms with E-state index < -0.39 is 34.6 Å². The molecular formula is C32H32F4N2O3. The first-order valence-corrected chi connectivity index (χ1v) is 14.2. The second kappa shape index (κ2) is 12.7. The summed E-state index contributed by atoms with van der Waals surface area (Å²) in [4.78, 5) is 29.1. The standard InChI is InChI=1S/C32H32F4N2O3/c33-26-25(21-9-11-22(12-10-21)31(39)37-17-5-1-2-6-18-37)27(34)29(36)30(28(26)35)41-24-15-13-23(14-16-24)32(40)38-19-7-3-4-8-20-38/h9-16H,1-8,17-20H2. The Morgan fingerprint density at radius 3 is 1.34 bits per heavy atom. The normalized spacial score (nSPS) is 16.2. The largest absolute Gasteiger partial charge is 0.451 e. The Morgan fingerprint density at radius 2 is 0.927 bits per heavy atom. The van der Waals surface area contributed by atoms with Crippen molar-refractivity contribution in [3.05, 3.63) is 82.9 Å². The lowest BCUT2D eigenvalue weighted by molar-refractivity contribution is 0.0754. The van der Waals surface area contributed by atoms with Crippen LogP contribution in [0.2, 0.25) is 0 Å². The van der Waals surface area contributed by atoms with Crippen LogP contribution in [0.15, 0.2) is 48.5 Å². The summed E-state index contributed by atoms with van der Waals surface area (Å²) in [6.45, 7) is 2.60. The van der Waals surface area contributed by atoms with Crippen molar-refractivity contribution in [2.75, 3.05) is 26.2 Å². The summed E-state index contributed by atoms with van der Waals surface area (Å²) in [5.41, 5.74) is -0.298. The zero-order valence-corrected chi connectivity index (χ0v) is 22.7. The highest BCUT2D eigenvalue weighted by molar-refractivity contribution is 5.95. The third-order valence-electron chi connectivity index (χ3n) is 7.75. The fourth-order valence-corrected chi connectivity index (χ4v) is 5.43. The SMILES string of the molecule is O=C(c1ccc(Oc2c(F)c(F)c(-c3ccc(C(=O)N4CCCCCC4)cc3)c(F)c2F)cc1)N1CCCCCC1. The van der Waals surface area contributed by atoms with Crippen LogP contribution in [-0.2, 0) is 0 Å². The second-order valence-electron chi connectivity index (χ2n) is 10.6. The summed E-state index contributed by atoms with van der Waals surface area (Å²) < 4.78 is 65.5. The van der Waals surface area contributed by atoms with Crippen LogP contribution in [-0.4, -0.2) is 47.8 Å². The Kier molecular flexibility index (Phi) is 8.90. The van der Waals surface area contributed by atoms with E-state index in [1.807, 2.05) is 0 Å². The topological polar surface area (TPSA) is 49.9 Å². The van der Waals surface area contributed by atoms with Crippen LogP contribution >= 0.6 is 0 Å². The van der Waals surface area contributed by atoms with Gasteiger partial charge in [-0.25, -0.2) is 8.78 Å². The maximum absolute atomic E-state index is 15.1. The molecule has 2 heterocycles. The van der Waals surface area contributed by atoms with Crippen molar-refractivity contribution in [1.29, 1.82) is 0 Å². The second-order valence-corrected chi connectivity index (χ2v) is 10.6. The lowest BCUT2D eigenvalue weighted by Crippen LogP contribution is -2.31. The first kappa shape index (κ1) is 28.6. The molecule has 0 bridgehead atoms. The first-order valence-electron chi connectivity index (χ1n) is 14.2. The molecule has 2 saturated heterocycles. The monoisotopic (exact) mass is 568 g/mol. The molecule has 2 aliphatic heterocycles. The molecule has 9 heteroatoms. The van der Waals surface area contributed by atoms with Crippen molar-refractivity contribution in [3.63, 3.8) is 0 Å². The Labute approximate surface area is 236 Å². The van der Waals surface area contributed by atoms with E-state index >= 15 is 17.6 Å². The lowest BCUT2D eigenvalue weighted by atomic mass is 10.0. The van der Waals surface area contributed by atoms with Crippen molar-refractivity contribution in [2.24, 2.45) is 0 Å². The van der Waals surface area contributed by atoms with Crippen LogP contribution < -0.4 is 4.74 Å². The van der Waals surface area contributed by atoms with Crippen LogP contribution in [0, 0.1) is 23.3 Å². The third-order valence-corrected chi connectivity index (χ3v) is 7.75. The number of carbonyl (C=O) groups excluding carboxylic acids is 2. The molecule has 5 rings (SSSR count). The van der Waals surface area contributed by atoms with Gasteiger partial charge in [0.25, 0.3) is 11.8 Å². The van der Waals surface area contributed by atoms with Crippen LogP contribution in [0.4, 0.5) is 17.6 Å². The molecule has 0 atom stereocenters. The van der Waals surface area contributed by atoms with Gasteiger partial charge in [-0.2, -0.15) is 8.78 Å². The number of benzene rings is 3. The van der Waals surface area contributed by atoms with Gasteiger partial charge in [-0.1, -0.05) is 37.8 Å². The fourth-order valence-electron chi connectivity index (χ4n) is 5.43. The molecule has 2 aliphatic rings. The summed E-state index contributed by atoms with van der Waals surface area (Å²) >= 11 is 0. The molecule has 0 aromatic heterocycles. The van der Waals surface area contributed by atoms with Crippen molar-refractivity contribution < 1.29 is 31.9 Å². The number of carbonyl (C=O) groups is 2. The van der Waals surface area contributed by atoms with Gasteiger partial charge in [0, 0.05) is 37.3 Å². The van der Waals surface area contributed by atoms with E-state index in [2.05, 4.69) is 0 Å². The molecule has 0 spiro atoms. The minimum Gasteiger partial charge on any atom is -0.451 e. The van der Waals surface area contributed by atoms with Crippen molar-refractivity contribution >= 4 is 11.8 Å². The molecular weight excluding hydrogens is 536 g/mol. The number of halogens is 4. The molecule has 3 aromatic carbocycles. The van der Waals surface area contributed by atoms with Crippen LogP contribution in [0.3, 0.4) is 0 Å². The average molecular weight is 569 g/mol. The Hall–Kier alpha value is -3.88. The summed E-state index contributed by atoms with van der Waals surface area (Å²) in [5.74, 6) is -8.25. The van der Waals surface area contributed by atoms with Gasteiger partial charge in [-0.05, 0) is 67.6 Å². The molecule has 41 heavy (non-hydrogen) atoms. The van der Waals surface area contributed by atoms with Gasteiger partial charge in [-0.15, -0.1) is 0 Å². The molecule has 2 amide bonds. The lowest BCUT2D eigenvalue weighted by Gasteiger charge is -2.20. The molecule has 0 saturated carbocycles. The number of nitrogens with zero attached hydrogens (tertiary/aromatic N) is 2. The van der Waals surface area contributed by atoms with Crippen molar-refractivity contribution in [3.8, 4) is 22.6 Å². The number of rotatable bonds is 5. The van der Waals surface area contributed by atoms with E-state index in [0.29, 0.717) is 37.3 Å². The van der Waals surface area contributed by atoms with Gasteiger partial charge in [0.15, 0.2) is 11.6 Å². The zero-order valence-electron chi connectivity index (χ0n) is 22.7. The van der Waals surface area contributed by atoms with Gasteiger partial charge >= 0.3 is 0 Å². The minimum absolute atomic E-state index is 0.0851. The zero-order chi connectivity index (χ0) is 28.9. The first-order chi connectivity index (χ1) is 19.8. The van der Waals surface area contributed by atoms with E-state index in [9.17, 15) is 9.59 Å². The van der Waals surface area contributed by atoms with E-state index in [0.717, 1.165) is 51.4 Å². The van der Waals surface area contributed by atoms with E-state index in [-0.39, 0.29) is 23.1 Å². The highest BCUT2D eigenvalue weighted by Gasteiger charge is 2.28.